The van der Waals surface area contributed by atoms with E-state index in [1.54, 1.807) is 20.1 Å². The molecule has 0 spiro atoms. The second-order valence-corrected chi connectivity index (χ2v) is 8.11. The second-order valence-electron chi connectivity index (χ2n) is 8.11. The van der Waals surface area contributed by atoms with Crippen LogP contribution < -0.4 is 9.47 Å². The fourth-order valence-corrected chi connectivity index (χ4v) is 4.19. The molecule has 2 heterocycles. The number of fused-ring (bicyclic) bond motifs is 1. The Kier molecular flexibility index (Phi) is 6.73. The number of halogens is 1. The van der Waals surface area contributed by atoms with Gasteiger partial charge >= 0.3 is 0 Å². The summed E-state index contributed by atoms with van der Waals surface area (Å²) < 4.78 is 30.0. The molecular formula is C24H29FN2O4. The highest BCUT2D eigenvalue weighted by Gasteiger charge is 2.25. The fraction of sp³-hybridized carbons (Fsp3) is 0.458. The van der Waals surface area contributed by atoms with Gasteiger partial charge in [0.15, 0.2) is 17.1 Å². The van der Waals surface area contributed by atoms with Crippen LogP contribution in [0.15, 0.2) is 40.9 Å². The van der Waals surface area contributed by atoms with Gasteiger partial charge in [-0.05, 0) is 69.1 Å². The number of hydrogen-bond donors (Lipinski definition) is 1. The van der Waals surface area contributed by atoms with E-state index in [4.69, 9.17) is 14.0 Å². The lowest BCUT2D eigenvalue weighted by Crippen LogP contribution is -2.34. The van der Waals surface area contributed by atoms with Gasteiger partial charge in [0.25, 0.3) is 0 Å². The van der Waals surface area contributed by atoms with E-state index in [0.29, 0.717) is 29.6 Å². The topological polar surface area (TPSA) is 68.0 Å². The normalized spacial score (nSPS) is 16.5. The van der Waals surface area contributed by atoms with E-state index in [-0.39, 0.29) is 5.82 Å². The number of benzene rings is 2. The standard InChI is InChI=1S/C24H29FN2O4/c1-16(28)18-4-7-21(29-2)23(14-18)30-13-3-10-27-11-8-17(9-12-27)24-20-6-5-19(25)15-22(20)31-26-24/h4-7,14-17,28H,3,8-13H2,1-2H3. The zero-order valence-electron chi connectivity index (χ0n) is 18.0. The van der Waals surface area contributed by atoms with Crippen LogP contribution in [-0.4, -0.2) is 48.5 Å². The number of ether oxygens (including phenoxy) is 2. The van der Waals surface area contributed by atoms with Gasteiger partial charge in [0, 0.05) is 23.9 Å². The van der Waals surface area contributed by atoms with Crippen molar-refractivity contribution < 1.29 is 23.5 Å². The number of methoxy groups -OCH3 is 1. The third kappa shape index (κ3) is 4.99. The summed E-state index contributed by atoms with van der Waals surface area (Å²) in [6.07, 6.45) is 2.36. The van der Waals surface area contributed by atoms with E-state index in [1.807, 2.05) is 18.2 Å². The number of aliphatic hydroxyl groups excluding tert-OH is 1. The van der Waals surface area contributed by atoms with Crippen LogP contribution in [0.4, 0.5) is 4.39 Å². The number of likely N-dealkylation sites (tertiary alicyclic amines) is 1. The molecule has 1 aromatic heterocycles. The van der Waals surface area contributed by atoms with Gasteiger partial charge < -0.3 is 24.0 Å². The molecule has 7 heteroatoms. The molecule has 1 N–H and O–H groups in total. The number of rotatable bonds is 8. The first kappa shape index (κ1) is 21.6. The van der Waals surface area contributed by atoms with Gasteiger partial charge in [0.2, 0.25) is 0 Å². The van der Waals surface area contributed by atoms with Crippen LogP contribution in [0.5, 0.6) is 11.5 Å². The average molecular weight is 429 g/mol. The van der Waals surface area contributed by atoms with Gasteiger partial charge in [0.05, 0.1) is 25.5 Å². The lowest BCUT2D eigenvalue weighted by molar-refractivity contribution is 0.187. The summed E-state index contributed by atoms with van der Waals surface area (Å²) >= 11 is 0. The van der Waals surface area contributed by atoms with E-state index >= 15 is 0 Å². The van der Waals surface area contributed by atoms with Gasteiger partial charge in [-0.15, -0.1) is 0 Å². The third-order valence-electron chi connectivity index (χ3n) is 5.98. The van der Waals surface area contributed by atoms with Gasteiger partial charge in [-0.2, -0.15) is 0 Å². The van der Waals surface area contributed by atoms with Crippen molar-refractivity contribution in [3.63, 3.8) is 0 Å². The van der Waals surface area contributed by atoms with Crippen molar-refractivity contribution in [2.75, 3.05) is 33.4 Å². The number of nitrogens with zero attached hydrogens (tertiary/aromatic N) is 2. The summed E-state index contributed by atoms with van der Waals surface area (Å²) in [4.78, 5) is 2.44. The molecular weight excluding hydrogens is 399 g/mol. The maximum Gasteiger partial charge on any atom is 0.170 e. The van der Waals surface area contributed by atoms with Crippen molar-refractivity contribution >= 4 is 11.0 Å². The zero-order valence-corrected chi connectivity index (χ0v) is 18.0. The maximum atomic E-state index is 13.4. The van der Waals surface area contributed by atoms with Crippen molar-refractivity contribution in [2.24, 2.45) is 0 Å². The van der Waals surface area contributed by atoms with Crippen LogP contribution in [0.2, 0.25) is 0 Å². The minimum absolute atomic E-state index is 0.303. The van der Waals surface area contributed by atoms with Crippen LogP contribution in [-0.2, 0) is 0 Å². The van der Waals surface area contributed by atoms with Crippen LogP contribution in [0, 0.1) is 5.82 Å². The number of piperidine rings is 1. The Morgan fingerprint density at radius 3 is 2.74 bits per heavy atom. The fourth-order valence-electron chi connectivity index (χ4n) is 4.19. The summed E-state index contributed by atoms with van der Waals surface area (Å²) in [7, 11) is 1.61. The smallest absolute Gasteiger partial charge is 0.170 e. The molecule has 2 aromatic carbocycles. The molecule has 1 aliphatic rings. The van der Waals surface area contributed by atoms with Crippen molar-refractivity contribution in [3.8, 4) is 11.5 Å². The minimum atomic E-state index is -0.546. The monoisotopic (exact) mass is 428 g/mol. The minimum Gasteiger partial charge on any atom is -0.493 e. The van der Waals surface area contributed by atoms with Gasteiger partial charge in [0.1, 0.15) is 5.82 Å². The Morgan fingerprint density at radius 2 is 2.00 bits per heavy atom. The Balaban J connectivity index is 1.25. The molecule has 3 aromatic rings. The number of aliphatic hydroxyl groups is 1. The quantitative estimate of drug-likeness (QED) is 0.526. The first-order valence-electron chi connectivity index (χ1n) is 10.8. The van der Waals surface area contributed by atoms with Crippen molar-refractivity contribution in [1.82, 2.24) is 10.1 Å². The summed E-state index contributed by atoms with van der Waals surface area (Å²) in [6, 6.07) is 10.1. The van der Waals surface area contributed by atoms with Gasteiger partial charge in [-0.3, -0.25) is 0 Å². The molecule has 0 aliphatic carbocycles. The highest BCUT2D eigenvalue weighted by atomic mass is 19.1. The molecule has 1 unspecified atom stereocenters. The summed E-state index contributed by atoms with van der Waals surface area (Å²) in [5.74, 6) is 1.37. The van der Waals surface area contributed by atoms with E-state index in [2.05, 4.69) is 10.1 Å². The molecule has 0 saturated carbocycles. The first-order valence-corrected chi connectivity index (χ1v) is 10.8. The summed E-state index contributed by atoms with van der Waals surface area (Å²) in [5, 5.41) is 14.9. The molecule has 1 atom stereocenters. The molecule has 1 aliphatic heterocycles. The summed E-state index contributed by atoms with van der Waals surface area (Å²) in [6.45, 7) is 5.24. The Hall–Kier alpha value is -2.64. The largest absolute Gasteiger partial charge is 0.493 e. The highest BCUT2D eigenvalue weighted by Crippen LogP contribution is 2.33. The molecule has 1 fully saturated rings. The van der Waals surface area contributed by atoms with Crippen molar-refractivity contribution in [1.29, 1.82) is 0 Å². The first-order chi connectivity index (χ1) is 15.0. The second kappa shape index (κ2) is 9.66. The predicted octanol–water partition coefficient (Wildman–Crippen LogP) is 4.68. The van der Waals surface area contributed by atoms with E-state index in [1.165, 1.54) is 12.1 Å². The highest BCUT2D eigenvalue weighted by molar-refractivity contribution is 5.79. The molecule has 0 bridgehead atoms. The SMILES string of the molecule is COc1ccc(C(C)O)cc1OCCCN1CCC(c2noc3cc(F)ccc23)CC1. The van der Waals surface area contributed by atoms with Crippen molar-refractivity contribution in [3.05, 3.63) is 53.5 Å². The Labute approximate surface area is 181 Å². The lowest BCUT2D eigenvalue weighted by atomic mass is 9.91. The molecule has 0 amide bonds. The van der Waals surface area contributed by atoms with Crippen LogP contribution >= 0.6 is 0 Å². The average Bonchev–Trinajstić information content (AvgIpc) is 3.20. The molecule has 0 radical (unpaired) electrons. The molecule has 1 saturated heterocycles. The Morgan fingerprint density at radius 1 is 1.19 bits per heavy atom. The van der Waals surface area contributed by atoms with Crippen LogP contribution in [0.25, 0.3) is 11.0 Å². The van der Waals surface area contributed by atoms with E-state index < -0.39 is 6.10 Å². The molecule has 4 rings (SSSR count). The zero-order chi connectivity index (χ0) is 21.8. The van der Waals surface area contributed by atoms with E-state index in [0.717, 1.165) is 55.5 Å². The van der Waals surface area contributed by atoms with Crippen LogP contribution in [0.3, 0.4) is 0 Å². The summed E-state index contributed by atoms with van der Waals surface area (Å²) in [5.41, 5.74) is 2.27. The molecule has 31 heavy (non-hydrogen) atoms. The van der Waals surface area contributed by atoms with Crippen molar-refractivity contribution in [2.45, 2.75) is 38.2 Å². The van der Waals surface area contributed by atoms with Crippen LogP contribution in [0.1, 0.15) is 49.5 Å². The maximum absolute atomic E-state index is 13.4. The van der Waals surface area contributed by atoms with Gasteiger partial charge in [-0.1, -0.05) is 11.2 Å². The van der Waals surface area contributed by atoms with E-state index in [9.17, 15) is 9.50 Å². The third-order valence-corrected chi connectivity index (χ3v) is 5.98. The molecule has 6 nitrogen and oxygen atoms in total. The number of aromatic nitrogens is 1. The molecule has 166 valence electrons. The Bertz CT molecular complexity index is 1010. The predicted molar refractivity (Wildman–Crippen MR) is 116 cm³/mol. The lowest BCUT2D eigenvalue weighted by Gasteiger charge is -2.31. The van der Waals surface area contributed by atoms with Gasteiger partial charge in [-0.25, -0.2) is 4.39 Å². The number of hydrogen-bond acceptors (Lipinski definition) is 6.